The summed E-state index contributed by atoms with van der Waals surface area (Å²) in [4.78, 5) is 31.8. The number of thioether (sulfide) groups is 1. The van der Waals surface area contributed by atoms with E-state index in [1.807, 2.05) is 17.0 Å². The van der Waals surface area contributed by atoms with Crippen molar-refractivity contribution in [2.24, 2.45) is 29.6 Å². The summed E-state index contributed by atoms with van der Waals surface area (Å²) in [5.74, 6) is 2.35. The Morgan fingerprint density at radius 2 is 1.97 bits per heavy atom. The molecule has 1 saturated heterocycles. The molecule has 4 saturated carbocycles. The molecule has 8 heteroatoms. The molecule has 34 heavy (non-hydrogen) atoms. The molecule has 5 aliphatic rings. The highest BCUT2D eigenvalue weighted by molar-refractivity contribution is 7.99. The summed E-state index contributed by atoms with van der Waals surface area (Å²) in [6, 6.07) is 3.87. The molecule has 4 aliphatic carbocycles. The zero-order valence-electron chi connectivity index (χ0n) is 20.2. The molecule has 6 rings (SSSR count). The van der Waals surface area contributed by atoms with Crippen molar-refractivity contribution in [3.05, 3.63) is 17.7 Å². The Labute approximate surface area is 206 Å². The summed E-state index contributed by atoms with van der Waals surface area (Å²) in [5, 5.41) is 24.3. The summed E-state index contributed by atoms with van der Waals surface area (Å²) >= 11 is 1.62. The van der Waals surface area contributed by atoms with Crippen molar-refractivity contribution in [1.82, 2.24) is 10.3 Å². The van der Waals surface area contributed by atoms with Crippen LogP contribution in [0.4, 0.5) is 5.82 Å². The van der Waals surface area contributed by atoms with Gasteiger partial charge in [-0.3, -0.25) is 9.59 Å². The van der Waals surface area contributed by atoms with Gasteiger partial charge in [-0.15, -0.1) is 11.8 Å². The molecular formula is C26H37N3O4S. The van der Waals surface area contributed by atoms with Crippen LogP contribution in [-0.2, 0) is 4.79 Å². The number of anilines is 1. The smallest absolute Gasteiger partial charge is 0.308 e. The van der Waals surface area contributed by atoms with Crippen LogP contribution in [0.3, 0.4) is 0 Å². The molecule has 7 nitrogen and oxygen atoms in total. The van der Waals surface area contributed by atoms with Gasteiger partial charge in [0.2, 0.25) is 0 Å². The van der Waals surface area contributed by atoms with Gasteiger partial charge in [-0.2, -0.15) is 0 Å². The summed E-state index contributed by atoms with van der Waals surface area (Å²) in [6.45, 7) is 5.50. The van der Waals surface area contributed by atoms with Gasteiger partial charge in [0, 0.05) is 19.1 Å². The molecule has 3 N–H and O–H groups in total. The van der Waals surface area contributed by atoms with Crippen LogP contribution in [-0.4, -0.2) is 57.6 Å². The van der Waals surface area contributed by atoms with Crippen LogP contribution < -0.4 is 10.2 Å². The predicted octanol–water partition coefficient (Wildman–Crippen LogP) is 3.80. The standard InChI is InChI=1S/C26H37N3O4S/c1-15(2)6-8-34-24-20(3-4-21(27-24)29-7-5-17(14-29)25(31)32)23(30)28-22-18-9-16-10-19(22)13-26(33,11-16)12-18/h3-4,15-19,22,33H,5-14H2,1-2H3,(H,28,30)(H,31,32). The number of aromatic nitrogens is 1. The average Bonchev–Trinajstić information content (AvgIpc) is 3.25. The number of amides is 1. The van der Waals surface area contributed by atoms with Crippen molar-refractivity contribution in [1.29, 1.82) is 0 Å². The number of nitrogens with one attached hydrogen (secondary N) is 1. The number of carbonyl (C=O) groups is 2. The number of aliphatic hydroxyl groups is 1. The molecule has 1 aliphatic heterocycles. The molecule has 2 heterocycles. The van der Waals surface area contributed by atoms with Crippen molar-refractivity contribution in [3.8, 4) is 0 Å². The van der Waals surface area contributed by atoms with Gasteiger partial charge in [0.25, 0.3) is 5.91 Å². The second kappa shape index (κ2) is 9.34. The highest BCUT2D eigenvalue weighted by Gasteiger charge is 2.55. The summed E-state index contributed by atoms with van der Waals surface area (Å²) in [6.07, 6.45) is 6.41. The van der Waals surface area contributed by atoms with Gasteiger partial charge in [0.05, 0.1) is 17.1 Å². The number of nitrogens with zero attached hydrogens (tertiary/aromatic N) is 2. The van der Waals surface area contributed by atoms with Crippen LogP contribution in [0.2, 0.25) is 0 Å². The molecule has 1 aromatic heterocycles. The van der Waals surface area contributed by atoms with Crippen LogP contribution in [0, 0.1) is 29.6 Å². The molecule has 3 unspecified atom stereocenters. The highest BCUT2D eigenvalue weighted by atomic mass is 32.2. The molecule has 0 spiro atoms. The van der Waals surface area contributed by atoms with E-state index in [1.165, 1.54) is 0 Å². The number of carboxylic acid groups (broad SMARTS) is 1. The number of rotatable bonds is 8. The summed E-state index contributed by atoms with van der Waals surface area (Å²) in [7, 11) is 0. The van der Waals surface area contributed by atoms with Gasteiger partial charge in [0.15, 0.2) is 0 Å². The fourth-order valence-corrected chi connectivity index (χ4v) is 8.15. The monoisotopic (exact) mass is 487 g/mol. The van der Waals surface area contributed by atoms with Crippen molar-refractivity contribution < 1.29 is 19.8 Å². The zero-order valence-corrected chi connectivity index (χ0v) is 21.0. The lowest BCUT2D eigenvalue weighted by Crippen LogP contribution is -2.61. The number of aliphatic carboxylic acids is 1. The quantitative estimate of drug-likeness (QED) is 0.479. The van der Waals surface area contributed by atoms with E-state index in [1.54, 1.807) is 11.8 Å². The van der Waals surface area contributed by atoms with E-state index in [9.17, 15) is 19.8 Å². The second-order valence-electron chi connectivity index (χ2n) is 11.5. The third-order valence-corrected chi connectivity index (χ3v) is 9.45. The summed E-state index contributed by atoms with van der Waals surface area (Å²) < 4.78 is 0. The van der Waals surface area contributed by atoms with E-state index in [-0.39, 0.29) is 17.9 Å². The number of hydrogen-bond acceptors (Lipinski definition) is 6. The van der Waals surface area contributed by atoms with Gasteiger partial charge in [-0.05, 0) is 86.5 Å². The van der Waals surface area contributed by atoms with Gasteiger partial charge >= 0.3 is 5.97 Å². The molecule has 186 valence electrons. The lowest BCUT2D eigenvalue weighted by atomic mass is 9.52. The van der Waals surface area contributed by atoms with Crippen LogP contribution in [0.25, 0.3) is 0 Å². The van der Waals surface area contributed by atoms with E-state index >= 15 is 0 Å². The fourth-order valence-electron chi connectivity index (χ4n) is 6.90. The fraction of sp³-hybridized carbons (Fsp3) is 0.731. The Morgan fingerprint density at radius 1 is 1.24 bits per heavy atom. The predicted molar refractivity (Wildman–Crippen MR) is 132 cm³/mol. The topological polar surface area (TPSA) is 103 Å². The Bertz CT molecular complexity index is 938. The molecule has 1 amide bonds. The van der Waals surface area contributed by atoms with E-state index in [4.69, 9.17) is 4.98 Å². The lowest BCUT2D eigenvalue weighted by Gasteiger charge is -2.58. The molecular weight excluding hydrogens is 450 g/mol. The highest BCUT2D eigenvalue weighted by Crippen LogP contribution is 2.55. The van der Waals surface area contributed by atoms with Crippen molar-refractivity contribution in [3.63, 3.8) is 0 Å². The number of pyridine rings is 1. The molecule has 0 aromatic carbocycles. The van der Waals surface area contributed by atoms with Crippen molar-refractivity contribution in [2.75, 3.05) is 23.7 Å². The first-order chi connectivity index (χ1) is 16.2. The first-order valence-corrected chi connectivity index (χ1v) is 13.8. The van der Waals surface area contributed by atoms with E-state index < -0.39 is 11.6 Å². The van der Waals surface area contributed by atoms with Crippen LogP contribution >= 0.6 is 11.8 Å². The SMILES string of the molecule is CC(C)CCSc1nc(N2CCC(C(=O)O)C2)ccc1C(=O)NC1C2CC3CC1CC(O)(C3)C2. The maximum absolute atomic E-state index is 13.5. The number of hydrogen-bond donors (Lipinski definition) is 3. The van der Waals surface area contributed by atoms with Crippen molar-refractivity contribution >= 4 is 29.5 Å². The third-order valence-electron chi connectivity index (χ3n) is 8.42. The molecule has 3 atom stereocenters. The van der Waals surface area contributed by atoms with Gasteiger partial charge in [-0.1, -0.05) is 13.8 Å². The van der Waals surface area contributed by atoms with E-state index in [2.05, 4.69) is 19.2 Å². The first-order valence-electron chi connectivity index (χ1n) is 12.9. The van der Waals surface area contributed by atoms with Crippen LogP contribution in [0.1, 0.15) is 69.2 Å². The Kier molecular flexibility index (Phi) is 6.57. The molecule has 1 aromatic rings. The minimum absolute atomic E-state index is 0.0691. The van der Waals surface area contributed by atoms with E-state index in [0.29, 0.717) is 48.7 Å². The zero-order chi connectivity index (χ0) is 24.0. The molecule has 5 fully saturated rings. The Hall–Kier alpha value is -1.80. The minimum atomic E-state index is -0.759. The maximum Gasteiger partial charge on any atom is 0.308 e. The molecule has 4 bridgehead atoms. The average molecular weight is 488 g/mol. The summed E-state index contributed by atoms with van der Waals surface area (Å²) in [5.41, 5.74) is 0.0986. The first kappa shape index (κ1) is 23.9. The van der Waals surface area contributed by atoms with Gasteiger partial charge in [-0.25, -0.2) is 4.98 Å². The van der Waals surface area contributed by atoms with Crippen molar-refractivity contribution in [2.45, 2.75) is 75.5 Å². The van der Waals surface area contributed by atoms with E-state index in [0.717, 1.165) is 55.1 Å². The van der Waals surface area contributed by atoms with Crippen LogP contribution in [0.15, 0.2) is 17.2 Å². The Balaban J connectivity index is 1.33. The number of carboxylic acids is 1. The lowest BCUT2D eigenvalue weighted by molar-refractivity contribution is -0.141. The number of carbonyl (C=O) groups excluding carboxylic acids is 1. The van der Waals surface area contributed by atoms with Crippen LogP contribution in [0.5, 0.6) is 0 Å². The van der Waals surface area contributed by atoms with Gasteiger partial charge < -0.3 is 20.4 Å². The maximum atomic E-state index is 13.5. The van der Waals surface area contributed by atoms with Gasteiger partial charge in [0.1, 0.15) is 10.8 Å². The Morgan fingerprint density at radius 3 is 2.59 bits per heavy atom. The molecule has 0 radical (unpaired) electrons. The third kappa shape index (κ3) is 4.81. The minimum Gasteiger partial charge on any atom is -0.481 e. The largest absolute Gasteiger partial charge is 0.481 e. The second-order valence-corrected chi connectivity index (χ2v) is 12.6. The normalized spacial score (nSPS) is 34.1.